The predicted molar refractivity (Wildman–Crippen MR) is 98.7 cm³/mol. The Kier molecular flexibility index (Phi) is 13.1. The molecule has 2 aromatic rings. The lowest BCUT2D eigenvalue weighted by Gasteiger charge is -1.97. The van der Waals surface area contributed by atoms with Gasteiger partial charge in [-0.15, -0.1) is 0 Å². The maximum atomic E-state index is 9.87. The van der Waals surface area contributed by atoms with Crippen molar-refractivity contribution in [3.63, 3.8) is 0 Å². The van der Waals surface area contributed by atoms with Crippen LogP contribution in [0.1, 0.15) is 31.4 Å². The Labute approximate surface area is 140 Å². The summed E-state index contributed by atoms with van der Waals surface area (Å²) in [6.07, 6.45) is 6.31. The number of hydrogen-bond acceptors (Lipinski definition) is 3. The van der Waals surface area contributed by atoms with Gasteiger partial charge in [-0.3, -0.25) is 9.78 Å². The van der Waals surface area contributed by atoms with Crippen molar-refractivity contribution in [2.24, 2.45) is 0 Å². The van der Waals surface area contributed by atoms with Crippen LogP contribution in [0, 0.1) is 6.92 Å². The molecule has 0 fully saturated rings. The molecule has 0 saturated heterocycles. The van der Waals surface area contributed by atoms with Gasteiger partial charge in [-0.25, -0.2) is 0 Å². The summed E-state index contributed by atoms with van der Waals surface area (Å²) in [5.74, 6) is 0. The van der Waals surface area contributed by atoms with Gasteiger partial charge in [0, 0.05) is 31.7 Å². The van der Waals surface area contributed by atoms with Crippen molar-refractivity contribution in [1.29, 1.82) is 0 Å². The second kappa shape index (κ2) is 14.6. The van der Waals surface area contributed by atoms with Gasteiger partial charge in [0.05, 0.1) is 0 Å². The molecule has 126 valence electrons. The molecular weight excluding hydrogens is 286 g/mol. The molecule has 0 spiro atoms. The lowest BCUT2D eigenvalue weighted by atomic mass is 10.2. The lowest BCUT2D eigenvalue weighted by molar-refractivity contribution is -0.109. The highest BCUT2D eigenvalue weighted by Crippen LogP contribution is 2.06. The number of rotatable bonds is 5. The van der Waals surface area contributed by atoms with Crippen LogP contribution in [0.25, 0.3) is 0 Å². The highest BCUT2D eigenvalue weighted by atomic mass is 16.1. The third-order valence-electron chi connectivity index (χ3n) is 2.73. The number of hydrogen-bond donors (Lipinski definition) is 2. The highest BCUT2D eigenvalue weighted by molar-refractivity contribution is 5.45. The molecule has 1 heterocycles. The van der Waals surface area contributed by atoms with Gasteiger partial charge in [0.1, 0.15) is 0 Å². The number of nitrogens with zero attached hydrogens (tertiary/aromatic N) is 1. The Hall–Kier alpha value is -2.36. The summed E-state index contributed by atoms with van der Waals surface area (Å²) in [6.45, 7) is 7.02. The Morgan fingerprint density at radius 3 is 2.09 bits per heavy atom. The number of benzene rings is 1. The standard InChI is InChI=1S/C8H10N2O.C8H11N.C3H8/c11-7-10-6-3-8-1-4-9-5-2-8;1-7-3-5-8(9-2)6-4-7;1-3-2/h1-2,4-5,7H,3,6H2,(H,10,11);3-6,9H,1-2H3;3H2,1-2H3. The molecule has 4 nitrogen and oxygen atoms in total. The third-order valence-corrected chi connectivity index (χ3v) is 2.73. The van der Waals surface area contributed by atoms with E-state index >= 15 is 0 Å². The molecule has 1 aromatic carbocycles. The van der Waals surface area contributed by atoms with Gasteiger partial charge in [-0.2, -0.15) is 0 Å². The topological polar surface area (TPSA) is 54.0 Å². The zero-order valence-electron chi connectivity index (χ0n) is 14.7. The van der Waals surface area contributed by atoms with Crippen LogP contribution in [0.15, 0.2) is 48.8 Å². The minimum Gasteiger partial charge on any atom is -0.388 e. The molecule has 0 aliphatic rings. The molecule has 2 rings (SSSR count). The van der Waals surface area contributed by atoms with Crippen LogP contribution >= 0.6 is 0 Å². The van der Waals surface area contributed by atoms with Crippen molar-refractivity contribution in [1.82, 2.24) is 10.3 Å². The Morgan fingerprint density at radius 1 is 1.04 bits per heavy atom. The van der Waals surface area contributed by atoms with E-state index in [1.165, 1.54) is 23.2 Å². The van der Waals surface area contributed by atoms with Crippen LogP contribution in [0.4, 0.5) is 5.69 Å². The number of nitrogens with one attached hydrogen (secondary N) is 2. The van der Waals surface area contributed by atoms with E-state index in [0.29, 0.717) is 13.0 Å². The van der Waals surface area contributed by atoms with E-state index in [1.54, 1.807) is 12.4 Å². The summed E-state index contributed by atoms with van der Waals surface area (Å²) in [7, 11) is 1.92. The summed E-state index contributed by atoms with van der Waals surface area (Å²) in [6, 6.07) is 12.2. The number of pyridine rings is 1. The predicted octanol–water partition coefficient (Wildman–Crippen LogP) is 3.82. The summed E-state index contributed by atoms with van der Waals surface area (Å²) in [4.78, 5) is 13.8. The normalized spacial score (nSPS) is 8.70. The maximum absolute atomic E-state index is 9.87. The van der Waals surface area contributed by atoms with E-state index < -0.39 is 0 Å². The number of aryl methyl sites for hydroxylation is 1. The molecule has 0 aliphatic carbocycles. The monoisotopic (exact) mass is 315 g/mol. The van der Waals surface area contributed by atoms with Crippen molar-refractivity contribution < 1.29 is 4.79 Å². The van der Waals surface area contributed by atoms with E-state index in [4.69, 9.17) is 0 Å². The van der Waals surface area contributed by atoms with E-state index in [0.717, 1.165) is 6.42 Å². The number of amides is 1. The van der Waals surface area contributed by atoms with Gasteiger partial charge in [0.15, 0.2) is 0 Å². The average molecular weight is 315 g/mol. The summed E-state index contributed by atoms with van der Waals surface area (Å²) >= 11 is 0. The quantitative estimate of drug-likeness (QED) is 0.651. The van der Waals surface area contributed by atoms with Crippen molar-refractivity contribution in [3.05, 3.63) is 59.9 Å². The molecule has 0 saturated carbocycles. The first-order valence-corrected chi connectivity index (χ1v) is 7.98. The van der Waals surface area contributed by atoms with Crippen molar-refractivity contribution in [2.45, 2.75) is 33.6 Å². The minimum atomic E-state index is 0.688. The summed E-state index contributed by atoms with van der Waals surface area (Å²) in [5, 5.41) is 5.65. The Bertz CT molecular complexity index is 498. The van der Waals surface area contributed by atoms with E-state index in [2.05, 4.69) is 60.7 Å². The third kappa shape index (κ3) is 11.9. The first-order valence-electron chi connectivity index (χ1n) is 7.98. The largest absolute Gasteiger partial charge is 0.388 e. The van der Waals surface area contributed by atoms with Crippen molar-refractivity contribution in [3.8, 4) is 0 Å². The second-order valence-electron chi connectivity index (χ2n) is 5.00. The maximum Gasteiger partial charge on any atom is 0.207 e. The number of carbonyl (C=O) groups is 1. The SMILES string of the molecule is CCC.CNc1ccc(C)cc1.O=CNCCc1ccncc1. The van der Waals surface area contributed by atoms with Gasteiger partial charge in [-0.1, -0.05) is 38.0 Å². The van der Waals surface area contributed by atoms with Crippen LogP contribution in [0.3, 0.4) is 0 Å². The number of aromatic nitrogens is 1. The van der Waals surface area contributed by atoms with Gasteiger partial charge in [0.2, 0.25) is 6.41 Å². The Morgan fingerprint density at radius 2 is 1.61 bits per heavy atom. The van der Waals surface area contributed by atoms with Gasteiger partial charge in [-0.05, 0) is 43.2 Å². The first-order chi connectivity index (χ1) is 11.2. The molecule has 0 aliphatic heterocycles. The van der Waals surface area contributed by atoms with Gasteiger partial charge >= 0.3 is 0 Å². The molecule has 0 radical (unpaired) electrons. The molecule has 0 bridgehead atoms. The minimum absolute atomic E-state index is 0.688. The molecule has 4 heteroatoms. The van der Waals surface area contributed by atoms with E-state index in [9.17, 15) is 4.79 Å². The molecule has 23 heavy (non-hydrogen) atoms. The van der Waals surface area contributed by atoms with E-state index in [-0.39, 0.29) is 0 Å². The molecule has 2 N–H and O–H groups in total. The van der Waals surface area contributed by atoms with Crippen molar-refractivity contribution >= 4 is 12.1 Å². The fourth-order valence-corrected chi connectivity index (χ4v) is 1.55. The summed E-state index contributed by atoms with van der Waals surface area (Å²) < 4.78 is 0. The Balaban J connectivity index is 0.000000365. The molecule has 1 amide bonds. The smallest absolute Gasteiger partial charge is 0.207 e. The van der Waals surface area contributed by atoms with E-state index in [1.807, 2.05) is 19.2 Å². The second-order valence-corrected chi connectivity index (χ2v) is 5.00. The van der Waals surface area contributed by atoms with Crippen LogP contribution in [0.2, 0.25) is 0 Å². The number of carbonyl (C=O) groups excluding carboxylic acids is 1. The van der Waals surface area contributed by atoms with Crippen molar-refractivity contribution in [2.75, 3.05) is 18.9 Å². The van der Waals surface area contributed by atoms with Crippen LogP contribution in [0.5, 0.6) is 0 Å². The lowest BCUT2D eigenvalue weighted by Crippen LogP contribution is -2.14. The molecule has 0 unspecified atom stereocenters. The molecule has 1 aromatic heterocycles. The highest BCUT2D eigenvalue weighted by Gasteiger charge is 1.88. The zero-order chi connectivity index (χ0) is 17.3. The molecule has 0 atom stereocenters. The van der Waals surface area contributed by atoms with Crippen LogP contribution in [-0.2, 0) is 11.2 Å². The van der Waals surface area contributed by atoms with Crippen LogP contribution < -0.4 is 10.6 Å². The fourth-order valence-electron chi connectivity index (χ4n) is 1.55. The zero-order valence-corrected chi connectivity index (χ0v) is 14.7. The van der Waals surface area contributed by atoms with Gasteiger partial charge < -0.3 is 10.6 Å². The summed E-state index contributed by atoms with van der Waals surface area (Å²) in [5.41, 5.74) is 3.66. The number of anilines is 1. The van der Waals surface area contributed by atoms with Gasteiger partial charge in [0.25, 0.3) is 0 Å². The first kappa shape index (κ1) is 20.6. The fraction of sp³-hybridized carbons (Fsp3) is 0.368. The average Bonchev–Trinajstić information content (AvgIpc) is 2.58. The molecular formula is C19H29N3O. The van der Waals surface area contributed by atoms with Crippen LogP contribution in [-0.4, -0.2) is 25.0 Å².